The van der Waals surface area contributed by atoms with Crippen molar-refractivity contribution in [1.29, 1.82) is 0 Å². The van der Waals surface area contributed by atoms with Gasteiger partial charge in [-0.2, -0.15) is 10.2 Å². The van der Waals surface area contributed by atoms with Crippen molar-refractivity contribution in [3.05, 3.63) is 78.1 Å². The number of halogens is 2. The van der Waals surface area contributed by atoms with Crippen LogP contribution in [0.4, 0.5) is 8.78 Å². The molecule has 8 nitrogen and oxygen atoms in total. The van der Waals surface area contributed by atoms with Crippen LogP contribution >= 0.6 is 11.3 Å². The first-order chi connectivity index (χ1) is 18.5. The number of carbonyl (C=O) groups excluding carboxylic acids is 1. The van der Waals surface area contributed by atoms with E-state index in [4.69, 9.17) is 10.1 Å². The SMILES string of the molecule is C=CC(=O)N1CCn2nc(-c3nc(-c4cnc5c(cnn5C)c4)c4ccsc4c3C=C(F)/C=C/F)cc2C1. The second-order valence-electron chi connectivity index (χ2n) is 8.82. The minimum Gasteiger partial charge on any atom is -0.331 e. The van der Waals surface area contributed by atoms with E-state index in [0.717, 1.165) is 38.5 Å². The lowest BCUT2D eigenvalue weighted by Gasteiger charge is -2.26. The third-order valence-corrected chi connectivity index (χ3v) is 7.47. The van der Waals surface area contributed by atoms with Crippen molar-refractivity contribution in [2.24, 2.45) is 7.05 Å². The maximum absolute atomic E-state index is 14.6. The van der Waals surface area contributed by atoms with Crippen molar-refractivity contribution in [1.82, 2.24) is 34.4 Å². The second-order valence-corrected chi connectivity index (χ2v) is 9.74. The fourth-order valence-electron chi connectivity index (χ4n) is 4.71. The van der Waals surface area contributed by atoms with Gasteiger partial charge in [0.15, 0.2) is 5.65 Å². The van der Waals surface area contributed by atoms with E-state index in [1.54, 1.807) is 22.0 Å². The highest BCUT2D eigenvalue weighted by atomic mass is 32.1. The van der Waals surface area contributed by atoms with Gasteiger partial charge >= 0.3 is 0 Å². The normalized spacial score (nSPS) is 14.1. The lowest BCUT2D eigenvalue weighted by Crippen LogP contribution is -2.37. The van der Waals surface area contributed by atoms with Crippen molar-refractivity contribution in [2.75, 3.05) is 6.54 Å². The van der Waals surface area contributed by atoms with Gasteiger partial charge in [0.05, 0.1) is 37.0 Å². The predicted molar refractivity (Wildman–Crippen MR) is 143 cm³/mol. The Balaban J connectivity index is 1.56. The molecular formula is C27H21F2N7OS. The number of carbonyl (C=O) groups is 1. The summed E-state index contributed by atoms with van der Waals surface area (Å²) in [4.78, 5) is 23.4. The molecule has 6 rings (SSSR count). The largest absolute Gasteiger partial charge is 0.331 e. The number of amides is 1. The van der Waals surface area contributed by atoms with Crippen LogP contribution in [0.3, 0.4) is 0 Å². The number of nitrogens with zero attached hydrogens (tertiary/aromatic N) is 7. The molecule has 5 aromatic heterocycles. The first-order valence-electron chi connectivity index (χ1n) is 11.8. The molecule has 5 aromatic rings. The van der Waals surface area contributed by atoms with Crippen molar-refractivity contribution in [2.45, 2.75) is 13.1 Å². The molecule has 0 radical (unpaired) electrons. The van der Waals surface area contributed by atoms with E-state index in [9.17, 15) is 13.6 Å². The van der Waals surface area contributed by atoms with Gasteiger partial charge in [-0.25, -0.2) is 18.7 Å². The van der Waals surface area contributed by atoms with E-state index in [0.29, 0.717) is 42.3 Å². The van der Waals surface area contributed by atoms with Crippen LogP contribution in [0.15, 0.2) is 66.9 Å². The molecule has 0 aromatic carbocycles. The molecule has 6 heterocycles. The van der Waals surface area contributed by atoms with E-state index in [-0.39, 0.29) is 12.2 Å². The molecule has 0 N–H and O–H groups in total. The highest BCUT2D eigenvalue weighted by molar-refractivity contribution is 7.17. The Bertz CT molecular complexity index is 1800. The quantitative estimate of drug-likeness (QED) is 0.224. The summed E-state index contributed by atoms with van der Waals surface area (Å²) < 4.78 is 31.7. The zero-order valence-corrected chi connectivity index (χ0v) is 21.1. The van der Waals surface area contributed by atoms with Crippen LogP contribution in [-0.4, -0.2) is 46.9 Å². The van der Waals surface area contributed by atoms with Gasteiger partial charge in [0.25, 0.3) is 0 Å². The lowest BCUT2D eigenvalue weighted by atomic mass is 10.0. The summed E-state index contributed by atoms with van der Waals surface area (Å²) in [5.74, 6) is -0.899. The smallest absolute Gasteiger partial charge is 0.246 e. The van der Waals surface area contributed by atoms with Crippen LogP contribution in [0.1, 0.15) is 11.3 Å². The molecule has 38 heavy (non-hydrogen) atoms. The first-order valence-corrected chi connectivity index (χ1v) is 12.7. The van der Waals surface area contributed by atoms with E-state index < -0.39 is 5.83 Å². The van der Waals surface area contributed by atoms with Crippen LogP contribution in [0.5, 0.6) is 0 Å². The van der Waals surface area contributed by atoms with Gasteiger partial charge in [0.2, 0.25) is 5.91 Å². The fraction of sp³-hybridized carbons (Fsp3) is 0.148. The molecular weight excluding hydrogens is 508 g/mol. The van der Waals surface area contributed by atoms with Crippen molar-refractivity contribution in [3.63, 3.8) is 0 Å². The lowest BCUT2D eigenvalue weighted by molar-refractivity contribution is -0.127. The van der Waals surface area contributed by atoms with Gasteiger partial charge in [-0.1, -0.05) is 6.58 Å². The highest BCUT2D eigenvalue weighted by Gasteiger charge is 2.24. The topological polar surface area (TPSA) is 81.7 Å². The minimum atomic E-state index is -0.747. The zero-order valence-electron chi connectivity index (χ0n) is 20.3. The number of fused-ring (bicyclic) bond motifs is 3. The summed E-state index contributed by atoms with van der Waals surface area (Å²) in [6.07, 6.45) is 6.97. The Morgan fingerprint density at radius 1 is 1.21 bits per heavy atom. The predicted octanol–water partition coefficient (Wildman–Crippen LogP) is 5.43. The van der Waals surface area contributed by atoms with E-state index >= 15 is 0 Å². The molecule has 1 aliphatic rings. The third kappa shape index (κ3) is 4.01. The molecule has 0 unspecified atom stereocenters. The van der Waals surface area contributed by atoms with E-state index in [1.807, 2.05) is 35.3 Å². The zero-order chi connectivity index (χ0) is 26.4. The van der Waals surface area contributed by atoms with Gasteiger partial charge in [0.1, 0.15) is 17.2 Å². The number of rotatable bonds is 5. The van der Waals surface area contributed by atoms with Crippen molar-refractivity contribution in [3.8, 4) is 22.6 Å². The average Bonchev–Trinajstić information content (AvgIpc) is 3.66. The number of thiophene rings is 1. The molecule has 1 aliphatic heterocycles. The molecule has 1 amide bonds. The maximum Gasteiger partial charge on any atom is 0.246 e. The Morgan fingerprint density at radius 2 is 2.08 bits per heavy atom. The molecule has 0 atom stereocenters. The number of pyridine rings is 2. The summed E-state index contributed by atoms with van der Waals surface area (Å²) in [5.41, 5.74) is 4.50. The molecule has 0 fully saturated rings. The monoisotopic (exact) mass is 529 g/mol. The minimum absolute atomic E-state index is 0.151. The van der Waals surface area contributed by atoms with Gasteiger partial charge in [-0.15, -0.1) is 11.3 Å². The number of aryl methyl sites for hydroxylation is 1. The van der Waals surface area contributed by atoms with Gasteiger partial charge < -0.3 is 4.90 Å². The van der Waals surface area contributed by atoms with E-state index in [1.165, 1.54) is 23.5 Å². The number of aromatic nitrogens is 6. The second kappa shape index (κ2) is 9.42. The third-order valence-electron chi connectivity index (χ3n) is 6.52. The van der Waals surface area contributed by atoms with Gasteiger partial charge in [-0.05, 0) is 35.7 Å². The van der Waals surface area contributed by atoms with Crippen LogP contribution in [-0.2, 0) is 24.9 Å². The number of hydrogen-bond donors (Lipinski definition) is 0. The van der Waals surface area contributed by atoms with Gasteiger partial charge in [0, 0.05) is 52.5 Å². The van der Waals surface area contributed by atoms with Crippen LogP contribution in [0, 0.1) is 0 Å². The molecule has 0 aliphatic carbocycles. The molecule has 0 spiro atoms. The first kappa shape index (κ1) is 23.9. The van der Waals surface area contributed by atoms with Crippen molar-refractivity contribution < 1.29 is 13.6 Å². The number of hydrogen-bond acceptors (Lipinski definition) is 6. The Hall–Kier alpha value is -4.51. The van der Waals surface area contributed by atoms with Crippen LogP contribution in [0.2, 0.25) is 0 Å². The summed E-state index contributed by atoms with van der Waals surface area (Å²) >= 11 is 1.44. The standard InChI is InChI=1S/C27H21F2N7OS/c1-3-23(37)35-7-8-36-19(15-35)12-22(33-36)25-21(11-18(29)4-6-28)26-20(5-9-38-26)24(32-25)16-10-17-14-31-34(2)27(17)30-13-16/h3-6,9-14H,1,7-8,15H2,2H3/b6-4+,18-11?. The maximum atomic E-state index is 14.6. The van der Waals surface area contributed by atoms with Crippen LogP contribution in [0.25, 0.3) is 49.8 Å². The summed E-state index contributed by atoms with van der Waals surface area (Å²) in [7, 11) is 1.83. The number of allylic oxidation sites excluding steroid dienone is 2. The Morgan fingerprint density at radius 3 is 2.89 bits per heavy atom. The Labute approximate surface area is 219 Å². The molecule has 0 saturated heterocycles. The molecule has 0 bridgehead atoms. The Kier molecular flexibility index (Phi) is 5.91. The van der Waals surface area contributed by atoms with E-state index in [2.05, 4.69) is 16.7 Å². The van der Waals surface area contributed by atoms with Gasteiger partial charge in [-0.3, -0.25) is 14.2 Å². The highest BCUT2D eigenvalue weighted by Crippen LogP contribution is 2.39. The summed E-state index contributed by atoms with van der Waals surface area (Å²) in [5, 5.41) is 12.6. The molecule has 11 heteroatoms. The van der Waals surface area contributed by atoms with Crippen LogP contribution < -0.4 is 0 Å². The summed E-state index contributed by atoms with van der Waals surface area (Å²) in [6, 6.07) is 5.76. The molecule has 190 valence electrons. The van der Waals surface area contributed by atoms with Crippen molar-refractivity contribution >= 4 is 44.4 Å². The summed E-state index contributed by atoms with van der Waals surface area (Å²) in [6.45, 7) is 4.96. The molecule has 0 saturated carbocycles. The fourth-order valence-corrected chi connectivity index (χ4v) is 5.63. The average molecular weight is 530 g/mol.